The Labute approximate surface area is 102 Å². The van der Waals surface area contributed by atoms with Crippen molar-refractivity contribution in [2.45, 2.75) is 45.8 Å². The van der Waals surface area contributed by atoms with E-state index in [2.05, 4.69) is 9.78 Å². The van der Waals surface area contributed by atoms with Gasteiger partial charge in [-0.2, -0.15) is 0 Å². The molecule has 0 saturated heterocycles. The van der Waals surface area contributed by atoms with Crippen LogP contribution in [0.4, 0.5) is 0 Å². The van der Waals surface area contributed by atoms with Crippen LogP contribution in [0.1, 0.15) is 44.4 Å². The molecule has 1 aromatic rings. The molecule has 4 heteroatoms. The minimum Gasteiger partial charge on any atom is -0.251 e. The summed E-state index contributed by atoms with van der Waals surface area (Å²) >= 11 is 0. The molecular weight excluding hydrogens is 220 g/mol. The zero-order valence-electron chi connectivity index (χ0n) is 10.9. The molecule has 0 aliphatic carbocycles. The Morgan fingerprint density at radius 2 is 1.18 bits per heavy atom. The van der Waals surface area contributed by atoms with Gasteiger partial charge in [0.15, 0.2) is 0 Å². The van der Waals surface area contributed by atoms with E-state index in [1.165, 1.54) is 0 Å². The van der Waals surface area contributed by atoms with Crippen molar-refractivity contribution in [2.24, 2.45) is 0 Å². The van der Waals surface area contributed by atoms with Crippen molar-refractivity contribution in [1.29, 1.82) is 0 Å². The summed E-state index contributed by atoms with van der Waals surface area (Å²) in [6, 6.07) is 5.69. The van der Waals surface area contributed by atoms with Gasteiger partial charge in [-0.15, -0.1) is 0 Å². The predicted molar refractivity (Wildman–Crippen MR) is 64.7 cm³/mol. The summed E-state index contributed by atoms with van der Waals surface area (Å²) < 4.78 is 0. The van der Waals surface area contributed by atoms with Crippen LogP contribution >= 0.6 is 0 Å². The fraction of sp³-hybridized carbons (Fsp3) is 0.538. The lowest BCUT2D eigenvalue weighted by Crippen LogP contribution is -2.24. The van der Waals surface area contributed by atoms with E-state index >= 15 is 0 Å². The predicted octanol–water partition coefficient (Wildman–Crippen LogP) is 3.44. The fourth-order valence-corrected chi connectivity index (χ4v) is 1.58. The highest BCUT2D eigenvalue weighted by molar-refractivity contribution is 5.35. The number of hydrogen-bond acceptors (Lipinski definition) is 4. The third-order valence-corrected chi connectivity index (χ3v) is 2.92. The first kappa shape index (κ1) is 14.1. The SMILES string of the molecule is Cc1cc(C(C)(C)OO)cc(C(C)(C)OO)c1. The van der Waals surface area contributed by atoms with Crippen molar-refractivity contribution in [1.82, 2.24) is 0 Å². The lowest BCUT2D eigenvalue weighted by atomic mass is 9.89. The summed E-state index contributed by atoms with van der Waals surface area (Å²) in [4.78, 5) is 8.95. The third-order valence-electron chi connectivity index (χ3n) is 2.92. The second-order valence-electron chi connectivity index (χ2n) is 5.29. The highest BCUT2D eigenvalue weighted by Crippen LogP contribution is 2.31. The van der Waals surface area contributed by atoms with Gasteiger partial charge in [-0.25, -0.2) is 9.78 Å². The Kier molecular flexibility index (Phi) is 3.94. The fourth-order valence-electron chi connectivity index (χ4n) is 1.58. The minimum atomic E-state index is -0.799. The van der Waals surface area contributed by atoms with Crippen molar-refractivity contribution in [2.75, 3.05) is 0 Å². The lowest BCUT2D eigenvalue weighted by Gasteiger charge is -2.26. The maximum atomic E-state index is 8.91. The van der Waals surface area contributed by atoms with Crippen LogP contribution in [0.3, 0.4) is 0 Å². The number of rotatable bonds is 4. The molecule has 17 heavy (non-hydrogen) atoms. The summed E-state index contributed by atoms with van der Waals surface area (Å²) in [6.07, 6.45) is 0. The first-order chi connectivity index (χ1) is 7.73. The second kappa shape index (κ2) is 4.74. The van der Waals surface area contributed by atoms with Gasteiger partial charge in [0.05, 0.1) is 0 Å². The van der Waals surface area contributed by atoms with Crippen molar-refractivity contribution in [3.05, 3.63) is 34.9 Å². The van der Waals surface area contributed by atoms with E-state index in [9.17, 15) is 0 Å². The smallest absolute Gasteiger partial charge is 0.123 e. The van der Waals surface area contributed by atoms with Crippen LogP contribution in [0.2, 0.25) is 0 Å². The van der Waals surface area contributed by atoms with Crippen LogP contribution in [0, 0.1) is 6.92 Å². The first-order valence-corrected chi connectivity index (χ1v) is 5.51. The first-order valence-electron chi connectivity index (χ1n) is 5.51. The maximum Gasteiger partial charge on any atom is 0.123 e. The zero-order chi connectivity index (χ0) is 13.3. The van der Waals surface area contributed by atoms with E-state index in [0.717, 1.165) is 16.7 Å². The van der Waals surface area contributed by atoms with Crippen LogP contribution in [0.15, 0.2) is 18.2 Å². The molecule has 4 nitrogen and oxygen atoms in total. The molecule has 0 aliphatic rings. The zero-order valence-corrected chi connectivity index (χ0v) is 10.9. The van der Waals surface area contributed by atoms with Gasteiger partial charge in [-0.3, -0.25) is 10.5 Å². The molecule has 0 aliphatic heterocycles. The van der Waals surface area contributed by atoms with Crippen molar-refractivity contribution >= 4 is 0 Å². The molecule has 0 amide bonds. The van der Waals surface area contributed by atoms with E-state index in [0.29, 0.717) is 0 Å². The highest BCUT2D eigenvalue weighted by atomic mass is 17.1. The van der Waals surface area contributed by atoms with Crippen LogP contribution in [0.5, 0.6) is 0 Å². The summed E-state index contributed by atoms with van der Waals surface area (Å²) in [5.74, 6) is 0. The van der Waals surface area contributed by atoms with Gasteiger partial charge in [0.25, 0.3) is 0 Å². The summed E-state index contributed by atoms with van der Waals surface area (Å²) in [5.41, 5.74) is 1.05. The summed E-state index contributed by atoms with van der Waals surface area (Å²) in [5, 5.41) is 17.8. The van der Waals surface area contributed by atoms with Gasteiger partial charge in [-0.1, -0.05) is 17.7 Å². The van der Waals surface area contributed by atoms with Crippen LogP contribution in [-0.2, 0) is 21.0 Å². The molecular formula is C13H20O4. The Bertz CT molecular complexity index is 362. The topological polar surface area (TPSA) is 58.9 Å². The molecule has 96 valence electrons. The van der Waals surface area contributed by atoms with E-state index in [1.807, 2.05) is 25.1 Å². The van der Waals surface area contributed by atoms with E-state index in [-0.39, 0.29) is 0 Å². The molecule has 0 unspecified atom stereocenters. The van der Waals surface area contributed by atoms with Gasteiger partial charge in [-0.05, 0) is 51.8 Å². The molecule has 0 radical (unpaired) electrons. The normalized spacial score (nSPS) is 12.9. The monoisotopic (exact) mass is 240 g/mol. The molecule has 0 saturated carbocycles. The molecule has 0 aromatic heterocycles. The minimum absolute atomic E-state index is 0.799. The quantitative estimate of drug-likeness (QED) is 0.625. The number of hydrogen-bond donors (Lipinski definition) is 2. The van der Waals surface area contributed by atoms with E-state index in [4.69, 9.17) is 10.5 Å². The molecule has 0 atom stereocenters. The Balaban J connectivity index is 3.29. The number of benzene rings is 1. The van der Waals surface area contributed by atoms with Gasteiger partial charge >= 0.3 is 0 Å². The van der Waals surface area contributed by atoms with Gasteiger partial charge in [0.1, 0.15) is 11.2 Å². The third kappa shape index (κ3) is 3.04. The Hall–Kier alpha value is -0.940. The van der Waals surface area contributed by atoms with Gasteiger partial charge in [0, 0.05) is 0 Å². The highest BCUT2D eigenvalue weighted by Gasteiger charge is 2.27. The second-order valence-corrected chi connectivity index (χ2v) is 5.29. The van der Waals surface area contributed by atoms with E-state index in [1.54, 1.807) is 27.7 Å². The molecule has 0 spiro atoms. The van der Waals surface area contributed by atoms with Crippen molar-refractivity contribution in [3.8, 4) is 0 Å². The summed E-state index contributed by atoms with van der Waals surface area (Å²) in [6.45, 7) is 8.99. The van der Waals surface area contributed by atoms with Gasteiger partial charge < -0.3 is 0 Å². The summed E-state index contributed by atoms with van der Waals surface area (Å²) in [7, 11) is 0. The molecule has 0 heterocycles. The van der Waals surface area contributed by atoms with Crippen molar-refractivity contribution < 1.29 is 20.3 Å². The Morgan fingerprint density at radius 3 is 1.47 bits per heavy atom. The molecule has 0 bridgehead atoms. The van der Waals surface area contributed by atoms with Gasteiger partial charge in [0.2, 0.25) is 0 Å². The van der Waals surface area contributed by atoms with Crippen LogP contribution < -0.4 is 0 Å². The standard InChI is InChI=1S/C13H20O4/c1-9-6-10(12(2,3)16-14)8-11(7-9)13(4,5)17-15/h6-8,14-15H,1-5H3. The molecule has 2 N–H and O–H groups in total. The van der Waals surface area contributed by atoms with E-state index < -0.39 is 11.2 Å². The van der Waals surface area contributed by atoms with Crippen LogP contribution in [-0.4, -0.2) is 10.5 Å². The van der Waals surface area contributed by atoms with Crippen molar-refractivity contribution in [3.63, 3.8) is 0 Å². The average Bonchev–Trinajstić information content (AvgIpc) is 2.28. The lowest BCUT2D eigenvalue weighted by molar-refractivity contribution is -0.320. The average molecular weight is 240 g/mol. The molecule has 1 rings (SSSR count). The largest absolute Gasteiger partial charge is 0.251 e. The maximum absolute atomic E-state index is 8.91. The number of aryl methyl sites for hydroxylation is 1. The molecule has 0 fully saturated rings. The molecule has 1 aromatic carbocycles. The Morgan fingerprint density at radius 1 is 0.824 bits per heavy atom. The van der Waals surface area contributed by atoms with Crippen LogP contribution in [0.25, 0.3) is 0 Å².